The van der Waals surface area contributed by atoms with Gasteiger partial charge in [0.1, 0.15) is 5.75 Å². The highest BCUT2D eigenvalue weighted by atomic mass is 16.3. The Kier molecular flexibility index (Phi) is 3.06. The van der Waals surface area contributed by atoms with Gasteiger partial charge >= 0.3 is 0 Å². The third-order valence-electron chi connectivity index (χ3n) is 2.40. The van der Waals surface area contributed by atoms with Gasteiger partial charge in [-0.3, -0.25) is 0 Å². The van der Waals surface area contributed by atoms with Crippen molar-refractivity contribution in [2.45, 2.75) is 6.92 Å². The van der Waals surface area contributed by atoms with Gasteiger partial charge in [0.05, 0.1) is 0 Å². The lowest BCUT2D eigenvalue weighted by Crippen LogP contribution is -1.75. The van der Waals surface area contributed by atoms with E-state index < -0.39 is 0 Å². The standard InChI is InChI=1S/C15H14O/c1-12-3-2-4-14(11-12)6-5-13-7-9-15(16)10-8-13/h2-11,16H,1H3. The summed E-state index contributed by atoms with van der Waals surface area (Å²) in [5.41, 5.74) is 3.53. The molecule has 2 aromatic carbocycles. The Morgan fingerprint density at radius 1 is 0.875 bits per heavy atom. The second-order valence-electron chi connectivity index (χ2n) is 3.84. The minimum absolute atomic E-state index is 0.299. The van der Waals surface area contributed by atoms with Gasteiger partial charge in [-0.15, -0.1) is 0 Å². The molecule has 0 amide bonds. The van der Waals surface area contributed by atoms with Crippen molar-refractivity contribution in [1.29, 1.82) is 0 Å². The molecule has 2 rings (SSSR count). The van der Waals surface area contributed by atoms with Crippen LogP contribution in [0.25, 0.3) is 12.2 Å². The summed E-state index contributed by atoms with van der Waals surface area (Å²) in [6.45, 7) is 2.08. The van der Waals surface area contributed by atoms with Crippen LogP contribution in [0.1, 0.15) is 16.7 Å². The number of benzene rings is 2. The number of aryl methyl sites for hydroxylation is 1. The summed E-state index contributed by atoms with van der Waals surface area (Å²) >= 11 is 0. The molecule has 0 fully saturated rings. The summed E-state index contributed by atoms with van der Waals surface area (Å²) in [4.78, 5) is 0. The Bertz CT molecular complexity index is 495. The molecule has 1 heteroatoms. The first kappa shape index (κ1) is 10.5. The van der Waals surface area contributed by atoms with Gasteiger partial charge in [0.2, 0.25) is 0 Å². The van der Waals surface area contributed by atoms with Crippen molar-refractivity contribution in [3.8, 4) is 5.75 Å². The van der Waals surface area contributed by atoms with Crippen LogP contribution in [0.4, 0.5) is 0 Å². The van der Waals surface area contributed by atoms with Crippen molar-refractivity contribution in [3.63, 3.8) is 0 Å². The second kappa shape index (κ2) is 4.67. The summed E-state index contributed by atoms with van der Waals surface area (Å²) < 4.78 is 0. The van der Waals surface area contributed by atoms with E-state index in [0.717, 1.165) is 5.56 Å². The third kappa shape index (κ3) is 2.74. The van der Waals surface area contributed by atoms with E-state index in [1.807, 2.05) is 24.3 Å². The Morgan fingerprint density at radius 3 is 2.25 bits per heavy atom. The van der Waals surface area contributed by atoms with Gasteiger partial charge < -0.3 is 5.11 Å². The van der Waals surface area contributed by atoms with Crippen LogP contribution < -0.4 is 0 Å². The molecule has 2 aromatic rings. The molecular weight excluding hydrogens is 196 g/mol. The monoisotopic (exact) mass is 210 g/mol. The van der Waals surface area contributed by atoms with Gasteiger partial charge in [0.25, 0.3) is 0 Å². The fourth-order valence-corrected chi connectivity index (χ4v) is 1.55. The molecule has 0 bridgehead atoms. The molecule has 0 saturated carbocycles. The fraction of sp³-hybridized carbons (Fsp3) is 0.0667. The van der Waals surface area contributed by atoms with E-state index in [2.05, 4.69) is 31.2 Å². The minimum Gasteiger partial charge on any atom is -0.508 e. The predicted octanol–water partition coefficient (Wildman–Crippen LogP) is 3.87. The fourth-order valence-electron chi connectivity index (χ4n) is 1.55. The smallest absolute Gasteiger partial charge is 0.115 e. The zero-order valence-corrected chi connectivity index (χ0v) is 9.22. The van der Waals surface area contributed by atoms with E-state index in [9.17, 15) is 0 Å². The van der Waals surface area contributed by atoms with Crippen molar-refractivity contribution >= 4 is 12.2 Å². The van der Waals surface area contributed by atoms with Crippen LogP contribution in [0, 0.1) is 6.92 Å². The first-order valence-corrected chi connectivity index (χ1v) is 5.28. The maximum atomic E-state index is 9.15. The van der Waals surface area contributed by atoms with Crippen LogP contribution in [0.5, 0.6) is 5.75 Å². The summed E-state index contributed by atoms with van der Waals surface area (Å²) in [6.07, 6.45) is 4.10. The lowest BCUT2D eigenvalue weighted by molar-refractivity contribution is 0.475. The van der Waals surface area contributed by atoms with Crippen LogP contribution in [0.2, 0.25) is 0 Å². The summed E-state index contributed by atoms with van der Waals surface area (Å²) in [5.74, 6) is 0.299. The molecule has 1 N–H and O–H groups in total. The van der Waals surface area contributed by atoms with E-state index >= 15 is 0 Å². The average molecular weight is 210 g/mol. The highest BCUT2D eigenvalue weighted by Gasteiger charge is 1.89. The van der Waals surface area contributed by atoms with Crippen LogP contribution in [0.15, 0.2) is 48.5 Å². The molecule has 0 aliphatic carbocycles. The van der Waals surface area contributed by atoms with Crippen molar-refractivity contribution in [2.75, 3.05) is 0 Å². The van der Waals surface area contributed by atoms with E-state index in [1.165, 1.54) is 11.1 Å². The van der Waals surface area contributed by atoms with Gasteiger partial charge in [-0.05, 0) is 30.2 Å². The average Bonchev–Trinajstić information content (AvgIpc) is 2.28. The van der Waals surface area contributed by atoms with Gasteiger partial charge in [0, 0.05) is 0 Å². The number of aromatic hydroxyl groups is 1. The Morgan fingerprint density at radius 2 is 1.56 bits per heavy atom. The number of hydrogen-bond acceptors (Lipinski definition) is 1. The Labute approximate surface area is 95.7 Å². The van der Waals surface area contributed by atoms with Crippen LogP contribution in [-0.4, -0.2) is 5.11 Å². The molecule has 0 aliphatic rings. The second-order valence-corrected chi connectivity index (χ2v) is 3.84. The first-order chi connectivity index (χ1) is 7.74. The van der Waals surface area contributed by atoms with Gasteiger partial charge in [0.15, 0.2) is 0 Å². The van der Waals surface area contributed by atoms with Gasteiger partial charge in [-0.2, -0.15) is 0 Å². The highest BCUT2D eigenvalue weighted by Crippen LogP contribution is 2.13. The van der Waals surface area contributed by atoms with E-state index in [0.29, 0.717) is 5.75 Å². The topological polar surface area (TPSA) is 20.2 Å². The molecule has 0 atom stereocenters. The molecule has 80 valence electrons. The maximum Gasteiger partial charge on any atom is 0.115 e. The third-order valence-corrected chi connectivity index (χ3v) is 2.40. The maximum absolute atomic E-state index is 9.15. The molecule has 0 aromatic heterocycles. The minimum atomic E-state index is 0.299. The SMILES string of the molecule is Cc1cccc(C=Cc2ccc(O)cc2)c1. The number of rotatable bonds is 2. The molecule has 0 radical (unpaired) electrons. The molecular formula is C15H14O. The molecule has 0 spiro atoms. The molecule has 16 heavy (non-hydrogen) atoms. The molecule has 0 unspecified atom stereocenters. The van der Waals surface area contributed by atoms with Crippen molar-refractivity contribution < 1.29 is 5.11 Å². The van der Waals surface area contributed by atoms with Crippen LogP contribution in [-0.2, 0) is 0 Å². The number of hydrogen-bond donors (Lipinski definition) is 1. The normalized spacial score (nSPS) is 10.8. The highest BCUT2D eigenvalue weighted by molar-refractivity contribution is 5.69. The van der Waals surface area contributed by atoms with E-state index in [-0.39, 0.29) is 0 Å². The molecule has 1 nitrogen and oxygen atoms in total. The lowest BCUT2D eigenvalue weighted by atomic mass is 10.1. The van der Waals surface area contributed by atoms with Crippen molar-refractivity contribution in [3.05, 3.63) is 65.2 Å². The zero-order chi connectivity index (χ0) is 11.4. The number of phenolic OH excluding ortho intramolecular Hbond substituents is 1. The zero-order valence-electron chi connectivity index (χ0n) is 9.22. The molecule has 0 saturated heterocycles. The molecule has 0 aliphatic heterocycles. The molecule has 0 heterocycles. The van der Waals surface area contributed by atoms with Crippen LogP contribution in [0.3, 0.4) is 0 Å². The first-order valence-electron chi connectivity index (χ1n) is 5.28. The van der Waals surface area contributed by atoms with E-state index in [4.69, 9.17) is 5.11 Å². The van der Waals surface area contributed by atoms with Crippen LogP contribution >= 0.6 is 0 Å². The van der Waals surface area contributed by atoms with Gasteiger partial charge in [-0.25, -0.2) is 0 Å². The van der Waals surface area contributed by atoms with Gasteiger partial charge in [-0.1, -0.05) is 54.1 Å². The Balaban J connectivity index is 2.18. The largest absolute Gasteiger partial charge is 0.508 e. The lowest BCUT2D eigenvalue weighted by Gasteiger charge is -1.96. The summed E-state index contributed by atoms with van der Waals surface area (Å²) in [7, 11) is 0. The quantitative estimate of drug-likeness (QED) is 0.746. The number of phenols is 1. The van der Waals surface area contributed by atoms with Crippen molar-refractivity contribution in [2.24, 2.45) is 0 Å². The summed E-state index contributed by atoms with van der Waals surface area (Å²) in [5, 5.41) is 9.15. The van der Waals surface area contributed by atoms with Crippen molar-refractivity contribution in [1.82, 2.24) is 0 Å². The summed E-state index contributed by atoms with van der Waals surface area (Å²) in [6, 6.07) is 15.5. The Hall–Kier alpha value is -2.02. The van der Waals surface area contributed by atoms with E-state index in [1.54, 1.807) is 12.1 Å². The predicted molar refractivity (Wildman–Crippen MR) is 68.2 cm³/mol.